The summed E-state index contributed by atoms with van der Waals surface area (Å²) in [6.45, 7) is 0.125. The van der Waals surface area contributed by atoms with E-state index >= 15 is 0 Å². The summed E-state index contributed by atoms with van der Waals surface area (Å²) in [6, 6.07) is 11.1. The van der Waals surface area contributed by atoms with Gasteiger partial charge in [0, 0.05) is 11.6 Å². The summed E-state index contributed by atoms with van der Waals surface area (Å²) in [6.07, 6.45) is 0. The van der Waals surface area contributed by atoms with Crippen molar-refractivity contribution in [2.24, 2.45) is 0 Å². The van der Waals surface area contributed by atoms with E-state index in [2.05, 4.69) is 15.4 Å². The Hall–Kier alpha value is -3.06. The zero-order chi connectivity index (χ0) is 19.1. The quantitative estimate of drug-likeness (QED) is 0.617. The molecule has 0 aromatic heterocycles. The molecule has 0 fully saturated rings. The molecule has 0 aliphatic heterocycles. The fourth-order valence-corrected chi connectivity index (χ4v) is 2.27. The number of halogens is 1. The molecule has 8 heteroatoms. The number of methoxy groups -OCH3 is 2. The number of amides is 2. The van der Waals surface area contributed by atoms with Crippen LogP contribution in [0, 0.1) is 0 Å². The van der Waals surface area contributed by atoms with Gasteiger partial charge in [-0.05, 0) is 35.9 Å². The predicted octanol–water partition coefficient (Wildman–Crippen LogP) is 2.39. The van der Waals surface area contributed by atoms with Gasteiger partial charge in [0.1, 0.15) is 5.75 Å². The van der Waals surface area contributed by atoms with Crippen LogP contribution >= 0.6 is 11.6 Å². The standard InChI is InChI=1S/C18H17ClN2O5/c1-25-15-8-7-13(19)9-14(15)21-17(23)16(22)20-10-11-3-5-12(6-4-11)18(24)26-2/h3-9H,10H2,1-2H3,(H,20,22)(H,21,23). The number of ether oxygens (including phenoxy) is 2. The number of esters is 1. The average molecular weight is 377 g/mol. The van der Waals surface area contributed by atoms with E-state index in [1.54, 1.807) is 36.4 Å². The molecule has 0 heterocycles. The van der Waals surface area contributed by atoms with Gasteiger partial charge in [0.15, 0.2) is 0 Å². The average Bonchev–Trinajstić information content (AvgIpc) is 2.66. The molecule has 0 bridgehead atoms. The molecule has 0 radical (unpaired) electrons. The molecule has 2 rings (SSSR count). The van der Waals surface area contributed by atoms with E-state index in [-0.39, 0.29) is 6.54 Å². The highest BCUT2D eigenvalue weighted by atomic mass is 35.5. The van der Waals surface area contributed by atoms with Gasteiger partial charge < -0.3 is 20.1 Å². The molecular weight excluding hydrogens is 360 g/mol. The number of anilines is 1. The van der Waals surface area contributed by atoms with Gasteiger partial charge in [0.25, 0.3) is 0 Å². The molecule has 0 atom stereocenters. The third kappa shape index (κ3) is 4.97. The van der Waals surface area contributed by atoms with Crippen molar-refractivity contribution in [2.75, 3.05) is 19.5 Å². The predicted molar refractivity (Wildman–Crippen MR) is 96.3 cm³/mol. The van der Waals surface area contributed by atoms with E-state index in [1.165, 1.54) is 20.3 Å². The van der Waals surface area contributed by atoms with Gasteiger partial charge in [-0.15, -0.1) is 0 Å². The molecule has 2 aromatic rings. The van der Waals surface area contributed by atoms with Crippen molar-refractivity contribution >= 4 is 35.1 Å². The van der Waals surface area contributed by atoms with Crippen LogP contribution in [0.3, 0.4) is 0 Å². The monoisotopic (exact) mass is 376 g/mol. The minimum atomic E-state index is -0.850. The number of nitrogens with one attached hydrogen (secondary N) is 2. The Kier molecular flexibility index (Phi) is 6.57. The van der Waals surface area contributed by atoms with Crippen LogP contribution < -0.4 is 15.4 Å². The Morgan fingerprint density at radius 2 is 1.69 bits per heavy atom. The number of rotatable bonds is 5. The minimum Gasteiger partial charge on any atom is -0.495 e. The summed E-state index contributed by atoms with van der Waals surface area (Å²) in [5.74, 6) is -1.73. The lowest BCUT2D eigenvalue weighted by Crippen LogP contribution is -2.35. The van der Waals surface area contributed by atoms with Gasteiger partial charge in [-0.1, -0.05) is 23.7 Å². The SMILES string of the molecule is COC(=O)c1ccc(CNC(=O)C(=O)Nc2cc(Cl)ccc2OC)cc1. The second-order valence-electron chi connectivity index (χ2n) is 5.17. The first-order chi connectivity index (χ1) is 12.4. The van der Waals surface area contributed by atoms with Crippen LogP contribution in [0.1, 0.15) is 15.9 Å². The maximum atomic E-state index is 12.0. The van der Waals surface area contributed by atoms with E-state index in [9.17, 15) is 14.4 Å². The van der Waals surface area contributed by atoms with Crippen LogP contribution in [0.25, 0.3) is 0 Å². The third-order valence-corrected chi connectivity index (χ3v) is 3.68. The van der Waals surface area contributed by atoms with E-state index in [0.29, 0.717) is 22.0 Å². The Bertz CT molecular complexity index is 821. The highest BCUT2D eigenvalue weighted by Gasteiger charge is 2.16. The molecule has 136 valence electrons. The second-order valence-corrected chi connectivity index (χ2v) is 5.61. The van der Waals surface area contributed by atoms with Crippen LogP contribution in [-0.4, -0.2) is 32.0 Å². The Balaban J connectivity index is 1.94. The summed E-state index contributed by atoms with van der Waals surface area (Å²) >= 11 is 5.88. The van der Waals surface area contributed by atoms with Crippen LogP contribution in [0.5, 0.6) is 5.75 Å². The molecule has 0 aliphatic rings. The largest absolute Gasteiger partial charge is 0.495 e. The molecule has 0 spiro atoms. The highest BCUT2D eigenvalue weighted by Crippen LogP contribution is 2.27. The molecule has 2 amide bonds. The van der Waals surface area contributed by atoms with Crippen molar-refractivity contribution in [3.63, 3.8) is 0 Å². The summed E-state index contributed by atoms with van der Waals surface area (Å²) in [7, 11) is 2.74. The Morgan fingerprint density at radius 3 is 2.31 bits per heavy atom. The lowest BCUT2D eigenvalue weighted by Gasteiger charge is -2.10. The molecule has 0 unspecified atom stereocenters. The second kappa shape index (κ2) is 8.87. The lowest BCUT2D eigenvalue weighted by molar-refractivity contribution is -0.136. The van der Waals surface area contributed by atoms with Crippen LogP contribution in [-0.2, 0) is 20.9 Å². The van der Waals surface area contributed by atoms with Gasteiger partial charge in [0.2, 0.25) is 0 Å². The maximum absolute atomic E-state index is 12.0. The Labute approximate surface area is 155 Å². The number of benzene rings is 2. The van der Waals surface area contributed by atoms with E-state index in [1.807, 2.05) is 0 Å². The van der Waals surface area contributed by atoms with Gasteiger partial charge in [0.05, 0.1) is 25.5 Å². The van der Waals surface area contributed by atoms with Crippen molar-refractivity contribution in [2.45, 2.75) is 6.54 Å². The zero-order valence-corrected chi connectivity index (χ0v) is 14.9. The van der Waals surface area contributed by atoms with E-state index in [0.717, 1.165) is 5.56 Å². The molecule has 0 saturated heterocycles. The minimum absolute atomic E-state index is 0.125. The lowest BCUT2D eigenvalue weighted by atomic mass is 10.1. The number of carbonyl (C=O) groups excluding carboxylic acids is 3. The number of hydrogen-bond acceptors (Lipinski definition) is 5. The Morgan fingerprint density at radius 1 is 1.00 bits per heavy atom. The summed E-state index contributed by atoms with van der Waals surface area (Å²) in [4.78, 5) is 35.3. The fourth-order valence-electron chi connectivity index (χ4n) is 2.10. The van der Waals surface area contributed by atoms with Gasteiger partial charge >= 0.3 is 17.8 Å². The molecule has 7 nitrogen and oxygen atoms in total. The normalized spacial score (nSPS) is 9.96. The molecule has 0 aliphatic carbocycles. The first-order valence-corrected chi connectivity index (χ1v) is 7.92. The van der Waals surface area contributed by atoms with Gasteiger partial charge in [-0.25, -0.2) is 4.79 Å². The van der Waals surface area contributed by atoms with Crippen molar-refractivity contribution in [3.8, 4) is 5.75 Å². The molecule has 26 heavy (non-hydrogen) atoms. The first kappa shape index (κ1) is 19.3. The van der Waals surface area contributed by atoms with Crippen LogP contribution in [0.2, 0.25) is 5.02 Å². The molecular formula is C18H17ClN2O5. The fraction of sp³-hybridized carbons (Fsp3) is 0.167. The highest BCUT2D eigenvalue weighted by molar-refractivity contribution is 6.40. The van der Waals surface area contributed by atoms with Crippen molar-refractivity contribution in [1.82, 2.24) is 5.32 Å². The summed E-state index contributed by atoms with van der Waals surface area (Å²) in [5, 5.41) is 5.34. The zero-order valence-electron chi connectivity index (χ0n) is 14.2. The summed E-state index contributed by atoms with van der Waals surface area (Å²) < 4.78 is 9.72. The topological polar surface area (TPSA) is 93.7 Å². The summed E-state index contributed by atoms with van der Waals surface area (Å²) in [5.41, 5.74) is 1.41. The third-order valence-electron chi connectivity index (χ3n) is 3.44. The smallest absolute Gasteiger partial charge is 0.337 e. The van der Waals surface area contributed by atoms with Crippen molar-refractivity contribution in [1.29, 1.82) is 0 Å². The number of hydrogen-bond donors (Lipinski definition) is 2. The van der Waals surface area contributed by atoms with Gasteiger partial charge in [-0.3, -0.25) is 9.59 Å². The maximum Gasteiger partial charge on any atom is 0.337 e. The van der Waals surface area contributed by atoms with Crippen molar-refractivity contribution in [3.05, 3.63) is 58.6 Å². The number of carbonyl (C=O) groups is 3. The van der Waals surface area contributed by atoms with E-state index < -0.39 is 17.8 Å². The van der Waals surface area contributed by atoms with Crippen molar-refractivity contribution < 1.29 is 23.9 Å². The van der Waals surface area contributed by atoms with Crippen LogP contribution in [0.4, 0.5) is 5.69 Å². The molecule has 2 aromatic carbocycles. The van der Waals surface area contributed by atoms with Gasteiger partial charge in [-0.2, -0.15) is 0 Å². The molecule has 0 saturated carbocycles. The first-order valence-electron chi connectivity index (χ1n) is 7.54. The van der Waals surface area contributed by atoms with E-state index in [4.69, 9.17) is 16.3 Å². The molecule has 2 N–H and O–H groups in total. The van der Waals surface area contributed by atoms with Crippen LogP contribution in [0.15, 0.2) is 42.5 Å².